The highest BCUT2D eigenvalue weighted by molar-refractivity contribution is 5.81. The second-order valence-electron chi connectivity index (χ2n) is 10.5. The number of aromatic nitrogens is 1. The molecule has 1 saturated heterocycles. The number of benzene rings is 3. The van der Waals surface area contributed by atoms with E-state index in [9.17, 15) is 5.11 Å². The number of hydrogen-bond donors (Lipinski definition) is 1. The average Bonchev–Trinajstić information content (AvgIpc) is 3.45. The molecule has 0 bridgehead atoms. The molecular formula is C34H39N3O4. The quantitative estimate of drug-likeness (QED) is 0.247. The Hall–Kier alpha value is -3.75. The van der Waals surface area contributed by atoms with Gasteiger partial charge in [0.1, 0.15) is 24.2 Å². The SMILES string of the molecule is COCc1cc(/C=C(\C)c2ccccc2OCC(O)CN2CCN(C(c3ccccc3)c3ccccc3)CC2)on1. The average molecular weight is 554 g/mol. The molecule has 1 aliphatic heterocycles. The fraction of sp³-hybridized carbons (Fsp3) is 0.324. The Kier molecular flexibility index (Phi) is 9.99. The first-order chi connectivity index (χ1) is 20.1. The first kappa shape index (κ1) is 28.8. The fourth-order valence-corrected chi connectivity index (χ4v) is 5.45. The molecule has 41 heavy (non-hydrogen) atoms. The molecule has 0 spiro atoms. The van der Waals surface area contributed by atoms with Crippen molar-refractivity contribution in [1.29, 1.82) is 0 Å². The molecule has 214 valence electrons. The van der Waals surface area contributed by atoms with Crippen molar-refractivity contribution in [2.75, 3.05) is 46.4 Å². The Morgan fingerprint density at radius 3 is 2.22 bits per heavy atom. The summed E-state index contributed by atoms with van der Waals surface area (Å²) in [5.41, 5.74) is 5.30. The minimum Gasteiger partial charge on any atom is -0.490 e. The molecule has 1 aliphatic rings. The molecule has 0 aliphatic carbocycles. The summed E-state index contributed by atoms with van der Waals surface area (Å²) in [5, 5.41) is 14.9. The highest BCUT2D eigenvalue weighted by Crippen LogP contribution is 2.30. The van der Waals surface area contributed by atoms with Gasteiger partial charge in [-0.2, -0.15) is 0 Å². The number of hydrogen-bond acceptors (Lipinski definition) is 7. The van der Waals surface area contributed by atoms with Crippen molar-refractivity contribution in [1.82, 2.24) is 15.0 Å². The van der Waals surface area contributed by atoms with E-state index in [-0.39, 0.29) is 12.6 Å². The van der Waals surface area contributed by atoms with Gasteiger partial charge in [-0.3, -0.25) is 9.80 Å². The summed E-state index contributed by atoms with van der Waals surface area (Å²) in [6.07, 6.45) is 1.34. The van der Waals surface area contributed by atoms with Crippen molar-refractivity contribution in [3.63, 3.8) is 0 Å². The van der Waals surface area contributed by atoms with Gasteiger partial charge in [0.2, 0.25) is 0 Å². The monoisotopic (exact) mass is 553 g/mol. The van der Waals surface area contributed by atoms with E-state index in [0.29, 0.717) is 18.9 Å². The Labute approximate surface area is 242 Å². The van der Waals surface area contributed by atoms with E-state index < -0.39 is 6.10 Å². The molecular weight excluding hydrogens is 514 g/mol. The van der Waals surface area contributed by atoms with Crippen LogP contribution in [-0.2, 0) is 11.3 Å². The van der Waals surface area contributed by atoms with Crippen LogP contribution >= 0.6 is 0 Å². The lowest BCUT2D eigenvalue weighted by Gasteiger charge is -2.40. The standard InChI is InChI=1S/C34H39N3O4/c1-26(21-31-22-29(24-39-2)35-41-31)32-15-9-10-16-33(32)40-25-30(38)23-36-17-19-37(20-18-36)34(27-11-5-3-6-12-27)28-13-7-4-8-14-28/h3-16,21-22,30,34,38H,17-20,23-25H2,1-2H3/b26-21+. The van der Waals surface area contributed by atoms with Crippen LogP contribution in [0.5, 0.6) is 5.75 Å². The number of aliphatic hydroxyl groups is 1. The molecule has 0 radical (unpaired) electrons. The summed E-state index contributed by atoms with van der Waals surface area (Å²) in [7, 11) is 1.63. The molecule has 7 nitrogen and oxygen atoms in total. The smallest absolute Gasteiger partial charge is 0.160 e. The second kappa shape index (κ2) is 14.2. The number of β-amino-alcohol motifs (C(OH)–C–C–N with tert-alkyl or cyclic N) is 1. The van der Waals surface area contributed by atoms with Crippen LogP contribution in [0.25, 0.3) is 11.6 Å². The van der Waals surface area contributed by atoms with E-state index >= 15 is 0 Å². The van der Waals surface area contributed by atoms with Crippen LogP contribution in [-0.4, -0.2) is 72.6 Å². The van der Waals surface area contributed by atoms with Crippen LogP contribution in [0.3, 0.4) is 0 Å². The van der Waals surface area contributed by atoms with E-state index in [0.717, 1.165) is 48.8 Å². The molecule has 3 aromatic carbocycles. The van der Waals surface area contributed by atoms with Crippen molar-refractivity contribution in [3.05, 3.63) is 119 Å². The van der Waals surface area contributed by atoms with Gasteiger partial charge in [-0.15, -0.1) is 0 Å². The van der Waals surface area contributed by atoms with Crippen molar-refractivity contribution in [2.24, 2.45) is 0 Å². The number of para-hydroxylation sites is 1. The van der Waals surface area contributed by atoms with Crippen LogP contribution in [0.4, 0.5) is 0 Å². The van der Waals surface area contributed by atoms with Crippen LogP contribution in [0, 0.1) is 0 Å². The first-order valence-electron chi connectivity index (χ1n) is 14.2. The maximum Gasteiger partial charge on any atom is 0.160 e. The van der Waals surface area contributed by atoms with E-state index in [1.54, 1.807) is 7.11 Å². The molecule has 1 fully saturated rings. The van der Waals surface area contributed by atoms with Crippen LogP contribution in [0.1, 0.15) is 41.1 Å². The number of rotatable bonds is 12. The Bertz CT molecular complexity index is 1340. The maximum atomic E-state index is 10.9. The lowest BCUT2D eigenvalue weighted by atomic mass is 9.96. The van der Waals surface area contributed by atoms with Crippen LogP contribution in [0.2, 0.25) is 0 Å². The third-order valence-corrected chi connectivity index (χ3v) is 7.44. The minimum atomic E-state index is -0.594. The Morgan fingerprint density at radius 1 is 0.927 bits per heavy atom. The van der Waals surface area contributed by atoms with E-state index in [4.69, 9.17) is 14.0 Å². The molecule has 4 aromatic rings. The summed E-state index contributed by atoms with van der Waals surface area (Å²) >= 11 is 0. The molecule has 1 unspecified atom stereocenters. The van der Waals surface area contributed by atoms with Gasteiger partial charge >= 0.3 is 0 Å². The topological polar surface area (TPSA) is 71.2 Å². The van der Waals surface area contributed by atoms with Gasteiger partial charge in [0, 0.05) is 51.5 Å². The number of methoxy groups -OCH3 is 1. The summed E-state index contributed by atoms with van der Waals surface area (Å²) in [6, 6.07) is 31.4. The molecule has 2 heterocycles. The van der Waals surface area contributed by atoms with Crippen molar-refractivity contribution >= 4 is 11.6 Å². The molecule has 0 saturated carbocycles. The van der Waals surface area contributed by atoms with Gasteiger partial charge in [-0.05, 0) is 35.8 Å². The maximum absolute atomic E-state index is 10.9. The van der Waals surface area contributed by atoms with Gasteiger partial charge in [-0.1, -0.05) is 84.0 Å². The minimum absolute atomic E-state index is 0.224. The van der Waals surface area contributed by atoms with Crippen LogP contribution in [0.15, 0.2) is 95.5 Å². The summed E-state index contributed by atoms with van der Waals surface area (Å²) in [5.74, 6) is 1.39. The number of ether oxygens (including phenoxy) is 2. The predicted octanol–water partition coefficient (Wildman–Crippen LogP) is 5.53. The van der Waals surface area contributed by atoms with Gasteiger partial charge in [0.15, 0.2) is 5.76 Å². The molecule has 0 amide bonds. The predicted molar refractivity (Wildman–Crippen MR) is 161 cm³/mol. The highest BCUT2D eigenvalue weighted by Gasteiger charge is 2.27. The van der Waals surface area contributed by atoms with E-state index in [2.05, 4.69) is 75.6 Å². The fourth-order valence-electron chi connectivity index (χ4n) is 5.45. The zero-order chi connectivity index (χ0) is 28.4. The Balaban J connectivity index is 1.16. The van der Waals surface area contributed by atoms with Gasteiger partial charge < -0.3 is 19.1 Å². The normalized spacial score (nSPS) is 15.8. The zero-order valence-electron chi connectivity index (χ0n) is 23.9. The van der Waals surface area contributed by atoms with Crippen LogP contribution < -0.4 is 4.74 Å². The second-order valence-corrected chi connectivity index (χ2v) is 10.5. The number of allylic oxidation sites excluding steroid dienone is 1. The summed E-state index contributed by atoms with van der Waals surface area (Å²) in [6.45, 7) is 6.87. The largest absolute Gasteiger partial charge is 0.490 e. The summed E-state index contributed by atoms with van der Waals surface area (Å²) < 4.78 is 16.7. The number of nitrogens with zero attached hydrogens (tertiary/aromatic N) is 3. The molecule has 1 aromatic heterocycles. The lowest BCUT2D eigenvalue weighted by Crippen LogP contribution is -2.50. The van der Waals surface area contributed by atoms with Crippen molar-refractivity contribution in [3.8, 4) is 5.75 Å². The van der Waals surface area contributed by atoms with Gasteiger partial charge in [0.05, 0.1) is 12.6 Å². The van der Waals surface area contributed by atoms with E-state index in [1.807, 2.05) is 43.3 Å². The highest BCUT2D eigenvalue weighted by atomic mass is 16.5. The summed E-state index contributed by atoms with van der Waals surface area (Å²) in [4.78, 5) is 4.87. The molecule has 7 heteroatoms. The number of piperazine rings is 1. The first-order valence-corrected chi connectivity index (χ1v) is 14.2. The van der Waals surface area contributed by atoms with Crippen molar-refractivity contribution < 1.29 is 19.1 Å². The molecule has 5 rings (SSSR count). The third kappa shape index (κ3) is 7.71. The van der Waals surface area contributed by atoms with Gasteiger partial charge in [0.25, 0.3) is 0 Å². The number of aliphatic hydroxyl groups excluding tert-OH is 1. The van der Waals surface area contributed by atoms with Gasteiger partial charge in [-0.25, -0.2) is 0 Å². The van der Waals surface area contributed by atoms with E-state index in [1.165, 1.54) is 11.1 Å². The zero-order valence-corrected chi connectivity index (χ0v) is 23.9. The Morgan fingerprint density at radius 2 is 1.56 bits per heavy atom. The molecule has 1 atom stereocenters. The lowest BCUT2D eigenvalue weighted by molar-refractivity contribution is 0.0400. The van der Waals surface area contributed by atoms with Crippen molar-refractivity contribution in [2.45, 2.75) is 25.7 Å². The molecule has 1 N–H and O–H groups in total. The third-order valence-electron chi connectivity index (χ3n) is 7.44.